The second-order valence-electron chi connectivity index (χ2n) is 3.69. The van der Waals surface area contributed by atoms with E-state index in [0.29, 0.717) is 17.4 Å². The number of pyridine rings is 1. The molecule has 0 unspecified atom stereocenters. The van der Waals surface area contributed by atoms with E-state index in [1.165, 1.54) is 12.8 Å². The van der Waals surface area contributed by atoms with Gasteiger partial charge in [0.25, 0.3) is 0 Å². The van der Waals surface area contributed by atoms with Crippen LogP contribution in [0.25, 0.3) is 0 Å². The van der Waals surface area contributed by atoms with Gasteiger partial charge in [-0.1, -0.05) is 0 Å². The summed E-state index contributed by atoms with van der Waals surface area (Å²) >= 11 is 6.83. The molecule has 0 aromatic carbocycles. The first-order valence-corrected chi connectivity index (χ1v) is 6.34. The van der Waals surface area contributed by atoms with E-state index >= 15 is 0 Å². The van der Waals surface area contributed by atoms with Crippen molar-refractivity contribution in [3.05, 3.63) is 20.8 Å². The Bertz CT molecular complexity index is 413. The predicted octanol–water partition coefficient (Wildman–Crippen LogP) is 3.57. The lowest BCUT2D eigenvalue weighted by atomic mass is 10.2. The fraction of sp³-hybridized carbons (Fsp3) is 0.400. The number of nitrogens with zero attached hydrogens (tertiary/aromatic N) is 1. The molecule has 0 saturated heterocycles. The first kappa shape index (κ1) is 11.1. The van der Waals surface area contributed by atoms with E-state index in [2.05, 4.69) is 42.2 Å². The van der Waals surface area contributed by atoms with Gasteiger partial charge in [-0.25, -0.2) is 4.98 Å². The Balaban J connectivity index is 2.42. The minimum atomic E-state index is 0.472. The largest absolute Gasteiger partial charge is 0.380 e. The SMILES string of the molecule is CC(=N)c1nc(Br)cc(Br)c1NC1CC1. The molecule has 1 aromatic rings. The molecular formula is C10H11Br2N3. The van der Waals surface area contributed by atoms with Crippen molar-refractivity contribution in [3.63, 3.8) is 0 Å². The summed E-state index contributed by atoms with van der Waals surface area (Å²) in [5.74, 6) is 0. The monoisotopic (exact) mass is 331 g/mol. The van der Waals surface area contributed by atoms with Crippen LogP contribution in [-0.2, 0) is 0 Å². The van der Waals surface area contributed by atoms with Gasteiger partial charge in [0.1, 0.15) is 10.3 Å². The van der Waals surface area contributed by atoms with E-state index in [-0.39, 0.29) is 0 Å². The number of hydrogen-bond acceptors (Lipinski definition) is 3. The average Bonchev–Trinajstić information content (AvgIpc) is 2.92. The zero-order valence-electron chi connectivity index (χ0n) is 8.27. The number of rotatable bonds is 3. The summed E-state index contributed by atoms with van der Waals surface area (Å²) in [4.78, 5) is 4.31. The molecule has 0 bridgehead atoms. The van der Waals surface area contributed by atoms with Crippen LogP contribution in [0.15, 0.2) is 15.1 Å². The standard InChI is InChI=1S/C10H11Br2N3/c1-5(13)9-10(14-6-2-3-6)7(11)4-8(12)15-9/h4,6,13-14H,2-3H2,1H3. The van der Waals surface area contributed by atoms with Crippen LogP contribution in [-0.4, -0.2) is 16.7 Å². The molecule has 0 aliphatic heterocycles. The topological polar surface area (TPSA) is 48.8 Å². The summed E-state index contributed by atoms with van der Waals surface area (Å²) in [5, 5.41) is 11.1. The molecule has 1 fully saturated rings. The lowest BCUT2D eigenvalue weighted by Crippen LogP contribution is -2.09. The zero-order valence-corrected chi connectivity index (χ0v) is 11.4. The van der Waals surface area contributed by atoms with Gasteiger partial charge in [-0.2, -0.15) is 0 Å². The number of halogens is 2. The van der Waals surface area contributed by atoms with E-state index in [0.717, 1.165) is 14.8 Å². The fourth-order valence-corrected chi connectivity index (χ4v) is 2.56. The number of anilines is 1. The lowest BCUT2D eigenvalue weighted by molar-refractivity contribution is 1.12. The van der Waals surface area contributed by atoms with Gasteiger partial charge in [0, 0.05) is 10.5 Å². The van der Waals surface area contributed by atoms with Crippen molar-refractivity contribution in [1.29, 1.82) is 5.41 Å². The molecule has 0 atom stereocenters. The summed E-state index contributed by atoms with van der Waals surface area (Å²) in [6.45, 7) is 1.75. The minimum absolute atomic E-state index is 0.472. The second kappa shape index (κ2) is 4.22. The van der Waals surface area contributed by atoms with Gasteiger partial charge in [0.05, 0.1) is 11.4 Å². The summed E-state index contributed by atoms with van der Waals surface area (Å²) in [7, 11) is 0. The van der Waals surface area contributed by atoms with Crippen LogP contribution >= 0.6 is 31.9 Å². The van der Waals surface area contributed by atoms with Crippen LogP contribution in [0, 0.1) is 5.41 Å². The van der Waals surface area contributed by atoms with Gasteiger partial charge < -0.3 is 10.7 Å². The number of aromatic nitrogens is 1. The van der Waals surface area contributed by atoms with Crippen molar-refractivity contribution >= 4 is 43.3 Å². The number of nitrogens with one attached hydrogen (secondary N) is 2. The molecule has 0 amide bonds. The third-order valence-electron chi connectivity index (χ3n) is 2.22. The molecule has 1 aromatic heterocycles. The van der Waals surface area contributed by atoms with Gasteiger partial charge in [-0.05, 0) is 57.7 Å². The maximum Gasteiger partial charge on any atom is 0.109 e. The van der Waals surface area contributed by atoms with E-state index in [1.54, 1.807) is 6.92 Å². The highest BCUT2D eigenvalue weighted by Crippen LogP contribution is 2.33. The highest BCUT2D eigenvalue weighted by Gasteiger charge is 2.24. The zero-order chi connectivity index (χ0) is 11.0. The average molecular weight is 333 g/mol. The van der Waals surface area contributed by atoms with Crippen molar-refractivity contribution < 1.29 is 0 Å². The molecular weight excluding hydrogens is 322 g/mol. The van der Waals surface area contributed by atoms with Gasteiger partial charge in [-0.15, -0.1) is 0 Å². The van der Waals surface area contributed by atoms with Crippen molar-refractivity contribution in [1.82, 2.24) is 4.98 Å². The Morgan fingerprint density at radius 1 is 1.53 bits per heavy atom. The highest BCUT2D eigenvalue weighted by atomic mass is 79.9. The summed E-state index contributed by atoms with van der Waals surface area (Å²) < 4.78 is 1.70. The van der Waals surface area contributed by atoms with E-state index in [1.807, 2.05) is 6.07 Å². The van der Waals surface area contributed by atoms with Crippen molar-refractivity contribution in [3.8, 4) is 0 Å². The third-order valence-corrected chi connectivity index (χ3v) is 3.25. The molecule has 2 N–H and O–H groups in total. The Morgan fingerprint density at radius 3 is 2.73 bits per heavy atom. The minimum Gasteiger partial charge on any atom is -0.380 e. The smallest absolute Gasteiger partial charge is 0.109 e. The Labute approximate surface area is 105 Å². The number of hydrogen-bond donors (Lipinski definition) is 2. The van der Waals surface area contributed by atoms with Crippen molar-refractivity contribution in [2.24, 2.45) is 0 Å². The normalized spacial score (nSPS) is 15.1. The fourth-order valence-electron chi connectivity index (χ4n) is 1.33. The highest BCUT2D eigenvalue weighted by molar-refractivity contribution is 9.11. The Hall–Kier alpha value is -0.420. The maximum absolute atomic E-state index is 7.69. The van der Waals surface area contributed by atoms with Crippen LogP contribution in [0.4, 0.5) is 5.69 Å². The molecule has 3 nitrogen and oxygen atoms in total. The molecule has 1 heterocycles. The molecule has 0 radical (unpaired) electrons. The Kier molecular flexibility index (Phi) is 3.11. The molecule has 5 heteroatoms. The molecule has 1 saturated carbocycles. The molecule has 2 rings (SSSR count). The van der Waals surface area contributed by atoms with Crippen LogP contribution in [0.1, 0.15) is 25.5 Å². The van der Waals surface area contributed by atoms with Crippen LogP contribution in [0.2, 0.25) is 0 Å². The van der Waals surface area contributed by atoms with Gasteiger partial charge >= 0.3 is 0 Å². The second-order valence-corrected chi connectivity index (χ2v) is 5.36. The first-order valence-electron chi connectivity index (χ1n) is 4.76. The van der Waals surface area contributed by atoms with E-state index in [9.17, 15) is 0 Å². The van der Waals surface area contributed by atoms with E-state index < -0.39 is 0 Å². The molecule has 80 valence electrons. The predicted molar refractivity (Wildman–Crippen MR) is 68.8 cm³/mol. The first-order chi connectivity index (χ1) is 7.08. The quantitative estimate of drug-likeness (QED) is 0.656. The van der Waals surface area contributed by atoms with Crippen LogP contribution < -0.4 is 5.32 Å². The van der Waals surface area contributed by atoms with Gasteiger partial charge in [0.2, 0.25) is 0 Å². The van der Waals surface area contributed by atoms with Gasteiger partial charge in [0.15, 0.2) is 0 Å². The van der Waals surface area contributed by atoms with Gasteiger partial charge in [-0.3, -0.25) is 0 Å². The Morgan fingerprint density at radius 2 is 2.20 bits per heavy atom. The molecule has 1 aliphatic rings. The van der Waals surface area contributed by atoms with Crippen molar-refractivity contribution in [2.75, 3.05) is 5.32 Å². The molecule has 1 aliphatic carbocycles. The molecule has 15 heavy (non-hydrogen) atoms. The molecule has 0 spiro atoms. The maximum atomic E-state index is 7.69. The summed E-state index contributed by atoms with van der Waals surface area (Å²) in [5.41, 5.74) is 2.12. The third kappa shape index (κ3) is 2.58. The summed E-state index contributed by atoms with van der Waals surface area (Å²) in [6, 6.07) is 2.46. The van der Waals surface area contributed by atoms with Crippen LogP contribution in [0.3, 0.4) is 0 Å². The van der Waals surface area contributed by atoms with Crippen LogP contribution in [0.5, 0.6) is 0 Å². The van der Waals surface area contributed by atoms with E-state index in [4.69, 9.17) is 5.41 Å². The van der Waals surface area contributed by atoms with Crippen molar-refractivity contribution in [2.45, 2.75) is 25.8 Å². The lowest BCUT2D eigenvalue weighted by Gasteiger charge is -2.12. The summed E-state index contributed by atoms with van der Waals surface area (Å²) in [6.07, 6.45) is 2.41.